The molecule has 0 heterocycles. The summed E-state index contributed by atoms with van der Waals surface area (Å²) >= 11 is 1.15. The van der Waals surface area contributed by atoms with Gasteiger partial charge in [0, 0.05) is 17.8 Å². The molecule has 0 radical (unpaired) electrons. The van der Waals surface area contributed by atoms with E-state index in [1.165, 1.54) is 50.5 Å². The Morgan fingerprint density at radius 3 is 2.65 bits per heavy atom. The lowest BCUT2D eigenvalue weighted by Crippen LogP contribution is -1.93. The van der Waals surface area contributed by atoms with E-state index < -0.39 is 0 Å². The van der Waals surface area contributed by atoms with Gasteiger partial charge in [-0.2, -0.15) is 0 Å². The first kappa shape index (κ1) is 14.4. The highest BCUT2D eigenvalue weighted by Crippen LogP contribution is 2.15. The normalized spacial score (nSPS) is 10.5. The fourth-order valence-corrected chi connectivity index (χ4v) is 2.23. The lowest BCUT2D eigenvalue weighted by atomic mass is 10.0. The maximum absolute atomic E-state index is 5.38. The van der Waals surface area contributed by atoms with Crippen molar-refractivity contribution in [3.8, 4) is 0 Å². The van der Waals surface area contributed by atoms with Crippen LogP contribution in [-0.2, 0) is 6.42 Å². The van der Waals surface area contributed by atoms with Crippen molar-refractivity contribution < 1.29 is 0 Å². The molecule has 1 rings (SSSR count). The summed E-state index contributed by atoms with van der Waals surface area (Å²) in [5.74, 6) is 0. The fraction of sp³-hybridized carbons (Fsp3) is 0.571. The van der Waals surface area contributed by atoms with Crippen LogP contribution in [0.15, 0.2) is 24.3 Å². The van der Waals surface area contributed by atoms with Crippen LogP contribution < -0.4 is 9.86 Å². The van der Waals surface area contributed by atoms with E-state index in [1.807, 2.05) is 6.07 Å². The zero-order valence-electron chi connectivity index (χ0n) is 10.7. The second-order valence-corrected chi connectivity index (χ2v) is 4.88. The van der Waals surface area contributed by atoms with Crippen LogP contribution in [0, 0.1) is 0 Å². The van der Waals surface area contributed by atoms with Crippen molar-refractivity contribution in [2.24, 2.45) is 5.14 Å². The molecule has 0 bridgehead atoms. The van der Waals surface area contributed by atoms with E-state index in [1.54, 1.807) is 0 Å². The van der Waals surface area contributed by atoms with Gasteiger partial charge in [0.25, 0.3) is 0 Å². The Balaban J connectivity index is 2.19. The first-order chi connectivity index (χ1) is 8.36. The number of unbranched alkanes of at least 4 members (excludes halogenated alkanes) is 5. The number of benzene rings is 1. The van der Waals surface area contributed by atoms with Gasteiger partial charge in [-0.25, -0.2) is 0 Å². The molecule has 96 valence electrons. The van der Waals surface area contributed by atoms with Crippen LogP contribution in [0.5, 0.6) is 0 Å². The van der Waals surface area contributed by atoms with Gasteiger partial charge in [0.15, 0.2) is 0 Å². The van der Waals surface area contributed by atoms with Gasteiger partial charge in [-0.15, -0.1) is 0 Å². The molecule has 17 heavy (non-hydrogen) atoms. The van der Waals surface area contributed by atoms with Gasteiger partial charge in [-0.3, -0.25) is 5.14 Å². The van der Waals surface area contributed by atoms with E-state index in [9.17, 15) is 0 Å². The second kappa shape index (κ2) is 9.37. The standard InChI is InChI=1S/C14H24N2S/c1-2-3-4-5-6-7-9-13-10-8-11-14(12-13)16-17-15/h8,10-12,16H,2-7,9,15H2,1H3. The fourth-order valence-electron chi connectivity index (χ4n) is 1.97. The van der Waals surface area contributed by atoms with Crippen LogP contribution in [0.4, 0.5) is 5.69 Å². The van der Waals surface area contributed by atoms with Gasteiger partial charge >= 0.3 is 0 Å². The molecule has 0 saturated carbocycles. The minimum absolute atomic E-state index is 1.10. The molecular weight excluding hydrogens is 228 g/mol. The Morgan fingerprint density at radius 2 is 1.88 bits per heavy atom. The summed E-state index contributed by atoms with van der Waals surface area (Å²) in [5.41, 5.74) is 2.50. The van der Waals surface area contributed by atoms with Crippen molar-refractivity contribution in [2.45, 2.75) is 51.9 Å². The Hall–Kier alpha value is -0.670. The molecule has 0 aliphatic rings. The number of hydrogen-bond donors (Lipinski definition) is 2. The van der Waals surface area contributed by atoms with E-state index in [2.05, 4.69) is 29.8 Å². The van der Waals surface area contributed by atoms with Gasteiger partial charge in [0.05, 0.1) is 0 Å². The predicted octanol–water partition coefficient (Wildman–Crippen LogP) is 4.52. The highest BCUT2D eigenvalue weighted by molar-refractivity contribution is 7.98. The molecule has 0 aliphatic heterocycles. The summed E-state index contributed by atoms with van der Waals surface area (Å²) in [6.45, 7) is 2.26. The van der Waals surface area contributed by atoms with Crippen molar-refractivity contribution in [1.82, 2.24) is 0 Å². The summed E-state index contributed by atoms with van der Waals surface area (Å²) in [6, 6.07) is 8.51. The van der Waals surface area contributed by atoms with Crippen LogP contribution >= 0.6 is 12.1 Å². The summed E-state index contributed by atoms with van der Waals surface area (Å²) in [4.78, 5) is 0. The highest BCUT2D eigenvalue weighted by atomic mass is 32.2. The Morgan fingerprint density at radius 1 is 1.12 bits per heavy atom. The Labute approximate surface area is 110 Å². The first-order valence-corrected chi connectivity index (χ1v) is 7.45. The summed E-state index contributed by atoms with van der Waals surface area (Å²) < 4.78 is 3.06. The maximum atomic E-state index is 5.38. The lowest BCUT2D eigenvalue weighted by Gasteiger charge is -2.05. The topological polar surface area (TPSA) is 38.0 Å². The van der Waals surface area contributed by atoms with Crippen LogP contribution in [0.3, 0.4) is 0 Å². The van der Waals surface area contributed by atoms with Crippen molar-refractivity contribution in [1.29, 1.82) is 0 Å². The van der Waals surface area contributed by atoms with Crippen LogP contribution in [0.1, 0.15) is 51.0 Å². The zero-order chi connectivity index (χ0) is 12.3. The van der Waals surface area contributed by atoms with E-state index >= 15 is 0 Å². The SMILES string of the molecule is CCCCCCCCc1cccc(NSN)c1. The van der Waals surface area contributed by atoms with Crippen molar-refractivity contribution in [2.75, 3.05) is 4.72 Å². The Kier molecular flexibility index (Phi) is 7.93. The second-order valence-electron chi connectivity index (χ2n) is 4.44. The molecule has 0 spiro atoms. The molecule has 0 amide bonds. The summed E-state index contributed by atoms with van der Waals surface area (Å²) in [6.07, 6.45) is 9.30. The minimum Gasteiger partial charge on any atom is -0.317 e. The molecule has 1 aromatic carbocycles. The molecule has 0 aromatic heterocycles. The van der Waals surface area contributed by atoms with E-state index in [0.717, 1.165) is 17.8 Å². The number of aryl methyl sites for hydroxylation is 1. The third-order valence-electron chi connectivity index (χ3n) is 2.92. The molecule has 0 unspecified atom stereocenters. The average molecular weight is 252 g/mol. The van der Waals surface area contributed by atoms with E-state index in [-0.39, 0.29) is 0 Å². The maximum Gasteiger partial charge on any atom is 0.0454 e. The highest BCUT2D eigenvalue weighted by Gasteiger charge is 1.96. The molecular formula is C14H24N2S. The van der Waals surface area contributed by atoms with Crippen molar-refractivity contribution in [3.63, 3.8) is 0 Å². The van der Waals surface area contributed by atoms with Crippen molar-refractivity contribution >= 4 is 17.8 Å². The quantitative estimate of drug-likeness (QED) is 0.501. The predicted molar refractivity (Wildman–Crippen MR) is 78.9 cm³/mol. The Bertz CT molecular complexity index is 302. The molecule has 1 aromatic rings. The molecule has 3 heteroatoms. The van der Waals surface area contributed by atoms with E-state index in [4.69, 9.17) is 5.14 Å². The third-order valence-corrected chi connectivity index (χ3v) is 3.28. The van der Waals surface area contributed by atoms with Crippen LogP contribution in [0.2, 0.25) is 0 Å². The number of hydrogen-bond acceptors (Lipinski definition) is 3. The molecule has 2 nitrogen and oxygen atoms in total. The monoisotopic (exact) mass is 252 g/mol. The van der Waals surface area contributed by atoms with Crippen molar-refractivity contribution in [3.05, 3.63) is 29.8 Å². The number of anilines is 1. The molecule has 0 atom stereocenters. The minimum atomic E-state index is 1.10. The van der Waals surface area contributed by atoms with E-state index in [0.29, 0.717) is 0 Å². The number of nitrogens with one attached hydrogen (secondary N) is 1. The average Bonchev–Trinajstić information content (AvgIpc) is 2.35. The van der Waals surface area contributed by atoms with Gasteiger partial charge < -0.3 is 4.72 Å². The summed E-state index contributed by atoms with van der Waals surface area (Å²) in [5, 5.41) is 5.38. The zero-order valence-corrected chi connectivity index (χ0v) is 11.6. The lowest BCUT2D eigenvalue weighted by molar-refractivity contribution is 0.607. The van der Waals surface area contributed by atoms with Gasteiger partial charge in [-0.1, -0.05) is 51.2 Å². The largest absolute Gasteiger partial charge is 0.317 e. The smallest absolute Gasteiger partial charge is 0.0454 e. The molecule has 3 N–H and O–H groups in total. The number of nitrogens with two attached hydrogens (primary N) is 1. The summed E-state index contributed by atoms with van der Waals surface area (Å²) in [7, 11) is 0. The number of rotatable bonds is 9. The molecule has 0 aliphatic carbocycles. The van der Waals surface area contributed by atoms with Crippen LogP contribution in [-0.4, -0.2) is 0 Å². The van der Waals surface area contributed by atoms with Gasteiger partial charge in [0.2, 0.25) is 0 Å². The third kappa shape index (κ3) is 6.59. The first-order valence-electron chi connectivity index (χ1n) is 6.57. The molecule has 0 saturated heterocycles. The van der Waals surface area contributed by atoms with Gasteiger partial charge in [0.1, 0.15) is 0 Å². The molecule has 0 fully saturated rings. The van der Waals surface area contributed by atoms with Gasteiger partial charge in [-0.05, 0) is 30.5 Å². The van der Waals surface area contributed by atoms with Crippen LogP contribution in [0.25, 0.3) is 0 Å².